The van der Waals surface area contributed by atoms with Crippen LogP contribution in [0.15, 0.2) is 48.5 Å². The Morgan fingerprint density at radius 1 is 1.06 bits per heavy atom. The summed E-state index contributed by atoms with van der Waals surface area (Å²) in [5.41, 5.74) is 0.571. The predicted molar refractivity (Wildman–Crippen MR) is 119 cm³/mol. The van der Waals surface area contributed by atoms with Crippen LogP contribution < -0.4 is 14.8 Å². The van der Waals surface area contributed by atoms with Gasteiger partial charge in [-0.25, -0.2) is 0 Å². The van der Waals surface area contributed by atoms with Crippen LogP contribution in [0.1, 0.15) is 30.4 Å². The van der Waals surface area contributed by atoms with Gasteiger partial charge < -0.3 is 24.8 Å². The van der Waals surface area contributed by atoms with Gasteiger partial charge in [-0.05, 0) is 54.4 Å². The van der Waals surface area contributed by atoms with Crippen LogP contribution in [-0.4, -0.2) is 48.4 Å². The molecule has 2 aliphatic heterocycles. The topological polar surface area (TPSA) is 71.0 Å². The maximum Gasteiger partial charge on any atom is 0.257 e. The van der Waals surface area contributed by atoms with Gasteiger partial charge in [-0.15, -0.1) is 0 Å². The Balaban J connectivity index is 1.04. The third-order valence-electron chi connectivity index (χ3n) is 7.98. The molecular weight excluding hydrogens is 404 g/mol. The van der Waals surface area contributed by atoms with E-state index in [-0.39, 0.29) is 17.9 Å². The van der Waals surface area contributed by atoms with E-state index in [1.54, 1.807) is 0 Å². The molecule has 0 radical (unpaired) electrons. The fourth-order valence-electron chi connectivity index (χ4n) is 5.73. The first-order chi connectivity index (χ1) is 15.6. The molecular formula is C26H30N2O4. The number of nitrogens with zero attached hydrogens (tertiary/aromatic N) is 1. The predicted octanol–water partition coefficient (Wildman–Crippen LogP) is 2.69. The van der Waals surface area contributed by atoms with Crippen molar-refractivity contribution >= 4 is 5.91 Å². The number of piperidine rings is 1. The van der Waals surface area contributed by atoms with Crippen LogP contribution in [0, 0.1) is 17.8 Å². The van der Waals surface area contributed by atoms with Gasteiger partial charge in [0.05, 0.1) is 0 Å². The number of fused-ring (bicyclic) bond motifs is 2. The van der Waals surface area contributed by atoms with Gasteiger partial charge in [0.1, 0.15) is 0 Å². The highest BCUT2D eigenvalue weighted by Crippen LogP contribution is 2.48. The van der Waals surface area contributed by atoms with Gasteiger partial charge in [0.25, 0.3) is 5.91 Å². The molecule has 3 fully saturated rings. The second-order valence-electron chi connectivity index (χ2n) is 9.78. The molecule has 2 aromatic carbocycles. The molecule has 0 aromatic heterocycles. The van der Waals surface area contributed by atoms with Crippen molar-refractivity contribution in [3.05, 3.63) is 59.7 Å². The minimum absolute atomic E-state index is 0.0155. The molecule has 6 heteroatoms. The zero-order chi connectivity index (χ0) is 21.7. The van der Waals surface area contributed by atoms with E-state index in [1.807, 2.05) is 36.4 Å². The number of ether oxygens (including phenoxy) is 2. The summed E-state index contributed by atoms with van der Waals surface area (Å²) < 4.78 is 10.9. The molecule has 2 aromatic rings. The zero-order valence-corrected chi connectivity index (χ0v) is 18.2. The third-order valence-corrected chi connectivity index (χ3v) is 7.98. The molecule has 4 atom stereocenters. The molecule has 1 saturated heterocycles. The van der Waals surface area contributed by atoms with Gasteiger partial charge >= 0.3 is 0 Å². The molecule has 0 spiro atoms. The number of nitrogens with one attached hydrogen (secondary N) is 1. The van der Waals surface area contributed by atoms with Crippen molar-refractivity contribution in [2.45, 2.75) is 37.3 Å². The van der Waals surface area contributed by atoms with Crippen LogP contribution in [0.4, 0.5) is 0 Å². The summed E-state index contributed by atoms with van der Waals surface area (Å²) in [6, 6.07) is 15.8. The fraction of sp³-hybridized carbons (Fsp3) is 0.500. The van der Waals surface area contributed by atoms with Gasteiger partial charge in [-0.2, -0.15) is 0 Å². The maximum atomic E-state index is 13.3. The van der Waals surface area contributed by atoms with E-state index in [0.29, 0.717) is 18.6 Å². The number of likely N-dealkylation sites (tertiary alicyclic amines) is 1. The molecule has 32 heavy (non-hydrogen) atoms. The maximum absolute atomic E-state index is 13.3. The monoisotopic (exact) mass is 434 g/mol. The Hall–Kier alpha value is -2.57. The number of aliphatic hydroxyl groups is 1. The second kappa shape index (κ2) is 7.78. The summed E-state index contributed by atoms with van der Waals surface area (Å²) in [4.78, 5) is 15.8. The molecule has 2 unspecified atom stereocenters. The average molecular weight is 435 g/mol. The van der Waals surface area contributed by atoms with Crippen molar-refractivity contribution in [3.8, 4) is 11.5 Å². The lowest BCUT2D eigenvalue weighted by Gasteiger charge is -2.40. The quantitative estimate of drug-likeness (QED) is 0.701. The number of rotatable bonds is 7. The van der Waals surface area contributed by atoms with E-state index in [0.717, 1.165) is 62.4 Å². The van der Waals surface area contributed by atoms with Gasteiger partial charge in [0.2, 0.25) is 6.79 Å². The molecule has 4 aliphatic rings. The van der Waals surface area contributed by atoms with Crippen LogP contribution in [0.25, 0.3) is 0 Å². The minimum Gasteiger partial charge on any atom is -0.454 e. The largest absolute Gasteiger partial charge is 0.454 e. The number of carbonyl (C=O) groups is 1. The molecule has 168 valence electrons. The number of benzene rings is 2. The van der Waals surface area contributed by atoms with E-state index in [2.05, 4.69) is 22.3 Å². The smallest absolute Gasteiger partial charge is 0.257 e. The average Bonchev–Trinajstić information content (AvgIpc) is 3.15. The first kappa shape index (κ1) is 20.1. The molecule has 2 saturated carbocycles. The minimum atomic E-state index is -1.41. The van der Waals surface area contributed by atoms with Crippen LogP contribution in [0.5, 0.6) is 11.5 Å². The van der Waals surface area contributed by atoms with Crippen LogP contribution in [0.2, 0.25) is 0 Å². The summed E-state index contributed by atoms with van der Waals surface area (Å²) in [6.07, 6.45) is 3.87. The van der Waals surface area contributed by atoms with E-state index in [9.17, 15) is 9.90 Å². The Labute approximate surface area is 188 Å². The van der Waals surface area contributed by atoms with Gasteiger partial charge in [0.15, 0.2) is 17.1 Å². The molecule has 6 nitrogen and oxygen atoms in total. The lowest BCUT2D eigenvalue weighted by atomic mass is 9.69. The van der Waals surface area contributed by atoms with Crippen molar-refractivity contribution in [1.29, 1.82) is 0 Å². The second-order valence-corrected chi connectivity index (χ2v) is 9.78. The van der Waals surface area contributed by atoms with Crippen molar-refractivity contribution in [3.63, 3.8) is 0 Å². The SMILES string of the molecule is O=C(N[C@H]1C2CN(CCc3ccc4c(c3)OCO4)C[C@@H]21)C(O)(c1ccccc1)C1CCC1. The summed E-state index contributed by atoms with van der Waals surface area (Å²) >= 11 is 0. The van der Waals surface area contributed by atoms with Gasteiger partial charge in [0, 0.05) is 31.6 Å². The standard InChI is InChI=1S/C26H30N2O4/c29-25(26(30,19-7-4-8-19)18-5-2-1-3-6-18)27-24-20-14-28(15-21(20)24)12-11-17-9-10-22-23(13-17)32-16-31-22/h1-3,5-6,9-10,13,19-21,24,30H,4,7-8,11-12,14-16H2,(H,27,29)/t20-,21?,24+,26?/m0/s1. The number of carbonyl (C=O) groups excluding carboxylic acids is 1. The Morgan fingerprint density at radius 2 is 1.81 bits per heavy atom. The summed E-state index contributed by atoms with van der Waals surface area (Å²) in [6.45, 7) is 3.32. The van der Waals surface area contributed by atoms with Crippen molar-refractivity contribution in [1.82, 2.24) is 10.2 Å². The molecule has 1 amide bonds. The number of hydrogen-bond donors (Lipinski definition) is 2. The highest BCUT2D eigenvalue weighted by molar-refractivity contribution is 5.87. The first-order valence-corrected chi connectivity index (χ1v) is 11.8. The molecule has 2 N–H and O–H groups in total. The lowest BCUT2D eigenvalue weighted by Crippen LogP contribution is -2.53. The zero-order valence-electron chi connectivity index (χ0n) is 18.2. The Kier molecular flexibility index (Phi) is 4.88. The van der Waals surface area contributed by atoms with Crippen LogP contribution >= 0.6 is 0 Å². The van der Waals surface area contributed by atoms with Crippen molar-refractivity contribution in [2.24, 2.45) is 17.8 Å². The van der Waals surface area contributed by atoms with Gasteiger partial charge in [-0.1, -0.05) is 42.8 Å². The highest BCUT2D eigenvalue weighted by atomic mass is 16.7. The molecule has 0 bridgehead atoms. The van der Waals surface area contributed by atoms with E-state index in [4.69, 9.17) is 9.47 Å². The molecule has 6 rings (SSSR count). The normalized spacial score (nSPS) is 28.0. The highest BCUT2D eigenvalue weighted by Gasteiger charge is 2.58. The Morgan fingerprint density at radius 3 is 2.53 bits per heavy atom. The number of amides is 1. The molecule has 2 aliphatic carbocycles. The van der Waals surface area contributed by atoms with E-state index in [1.165, 1.54) is 5.56 Å². The summed E-state index contributed by atoms with van der Waals surface area (Å²) in [5, 5.41) is 14.7. The summed E-state index contributed by atoms with van der Waals surface area (Å²) in [7, 11) is 0. The van der Waals surface area contributed by atoms with E-state index < -0.39 is 5.60 Å². The fourth-order valence-corrected chi connectivity index (χ4v) is 5.73. The van der Waals surface area contributed by atoms with Crippen molar-refractivity contribution in [2.75, 3.05) is 26.4 Å². The van der Waals surface area contributed by atoms with Crippen LogP contribution in [-0.2, 0) is 16.8 Å². The Bertz CT molecular complexity index is 996. The number of hydrogen-bond acceptors (Lipinski definition) is 5. The van der Waals surface area contributed by atoms with Crippen molar-refractivity contribution < 1.29 is 19.4 Å². The third kappa shape index (κ3) is 3.37. The van der Waals surface area contributed by atoms with Gasteiger partial charge in [-0.3, -0.25) is 4.79 Å². The van der Waals surface area contributed by atoms with E-state index >= 15 is 0 Å². The lowest BCUT2D eigenvalue weighted by molar-refractivity contribution is -0.152. The first-order valence-electron chi connectivity index (χ1n) is 11.8. The summed E-state index contributed by atoms with van der Waals surface area (Å²) in [5.74, 6) is 2.47. The molecule has 2 heterocycles. The van der Waals surface area contributed by atoms with Crippen LogP contribution in [0.3, 0.4) is 0 Å².